The van der Waals surface area contributed by atoms with Crippen molar-refractivity contribution in [2.24, 2.45) is 0 Å². The number of nitrogens with zero attached hydrogens (tertiary/aromatic N) is 2. The Kier molecular flexibility index (Phi) is 7.15. The second kappa shape index (κ2) is 9.13. The van der Waals surface area contributed by atoms with E-state index in [0.717, 1.165) is 41.0 Å². The van der Waals surface area contributed by atoms with Crippen molar-refractivity contribution in [1.29, 1.82) is 0 Å². The molecule has 2 unspecified atom stereocenters. The van der Waals surface area contributed by atoms with Gasteiger partial charge in [-0.25, -0.2) is 4.98 Å². The van der Waals surface area contributed by atoms with E-state index in [1.54, 1.807) is 12.2 Å². The van der Waals surface area contributed by atoms with E-state index in [9.17, 15) is 5.11 Å². The Bertz CT molecular complexity index is 770. The van der Waals surface area contributed by atoms with Crippen molar-refractivity contribution in [2.45, 2.75) is 32.4 Å². The molecular formula is C22H27ClN2O. The van der Waals surface area contributed by atoms with Crippen molar-refractivity contribution in [3.05, 3.63) is 65.3 Å². The third-order valence-electron chi connectivity index (χ3n) is 4.82. The van der Waals surface area contributed by atoms with Crippen molar-refractivity contribution in [3.63, 3.8) is 0 Å². The standard InChI is InChI=1S/C22H27ClN2O/c1-6-17-18(22(26)21(8-3)25(5)9-4)14-20(24-19(17)7-2)15-10-12-16(23)13-11-15/h6-7,10-14,21-22,26H,1-2,8-9H2,3-5H3. The van der Waals surface area contributed by atoms with Gasteiger partial charge < -0.3 is 10.0 Å². The summed E-state index contributed by atoms with van der Waals surface area (Å²) in [4.78, 5) is 6.86. The van der Waals surface area contributed by atoms with Gasteiger partial charge in [0.25, 0.3) is 0 Å². The van der Waals surface area contributed by atoms with E-state index < -0.39 is 6.10 Å². The van der Waals surface area contributed by atoms with Crippen LogP contribution in [0.15, 0.2) is 43.5 Å². The average Bonchev–Trinajstić information content (AvgIpc) is 2.67. The topological polar surface area (TPSA) is 36.4 Å². The Balaban J connectivity index is 2.62. The Morgan fingerprint density at radius 2 is 1.85 bits per heavy atom. The van der Waals surface area contributed by atoms with Crippen LogP contribution in [0.5, 0.6) is 0 Å². The summed E-state index contributed by atoms with van der Waals surface area (Å²) >= 11 is 6.00. The number of aliphatic hydroxyl groups is 1. The molecule has 1 heterocycles. The molecule has 0 aliphatic heterocycles. The first-order valence-electron chi connectivity index (χ1n) is 8.90. The van der Waals surface area contributed by atoms with Crippen molar-refractivity contribution >= 4 is 23.8 Å². The summed E-state index contributed by atoms with van der Waals surface area (Å²) in [5.41, 5.74) is 4.09. The molecule has 0 bridgehead atoms. The molecule has 1 N–H and O–H groups in total. The molecule has 2 atom stereocenters. The van der Waals surface area contributed by atoms with E-state index in [-0.39, 0.29) is 6.04 Å². The molecule has 1 aromatic heterocycles. The van der Waals surface area contributed by atoms with Crippen molar-refractivity contribution in [2.75, 3.05) is 13.6 Å². The van der Waals surface area contributed by atoms with Gasteiger partial charge in [0, 0.05) is 22.2 Å². The van der Waals surface area contributed by atoms with E-state index >= 15 is 0 Å². The summed E-state index contributed by atoms with van der Waals surface area (Å²) in [6, 6.07) is 9.49. The van der Waals surface area contributed by atoms with E-state index in [1.807, 2.05) is 37.4 Å². The van der Waals surface area contributed by atoms with E-state index in [0.29, 0.717) is 5.02 Å². The molecule has 0 spiro atoms. The van der Waals surface area contributed by atoms with Crippen molar-refractivity contribution in [3.8, 4) is 11.3 Å². The Labute approximate surface area is 161 Å². The van der Waals surface area contributed by atoms with Crippen LogP contribution in [-0.4, -0.2) is 34.6 Å². The van der Waals surface area contributed by atoms with Crippen LogP contribution in [-0.2, 0) is 0 Å². The first-order valence-corrected chi connectivity index (χ1v) is 9.28. The lowest BCUT2D eigenvalue weighted by atomic mass is 9.92. The maximum Gasteiger partial charge on any atom is 0.0952 e. The minimum Gasteiger partial charge on any atom is -0.387 e. The number of likely N-dealkylation sites (N-methyl/N-ethyl adjacent to an activating group) is 1. The van der Waals surface area contributed by atoms with Gasteiger partial charge >= 0.3 is 0 Å². The van der Waals surface area contributed by atoms with Crippen LogP contribution in [0.1, 0.15) is 43.2 Å². The largest absolute Gasteiger partial charge is 0.387 e. The summed E-state index contributed by atoms with van der Waals surface area (Å²) in [7, 11) is 2.03. The molecule has 0 aliphatic carbocycles. The van der Waals surface area contributed by atoms with Crippen LogP contribution in [0, 0.1) is 0 Å². The number of hydrogen-bond donors (Lipinski definition) is 1. The molecule has 0 saturated heterocycles. The Morgan fingerprint density at radius 1 is 1.19 bits per heavy atom. The summed E-state index contributed by atoms with van der Waals surface area (Å²) in [6.45, 7) is 12.8. The van der Waals surface area contributed by atoms with Gasteiger partial charge in [0.2, 0.25) is 0 Å². The summed E-state index contributed by atoms with van der Waals surface area (Å²) in [6.07, 6.45) is 3.64. The lowest BCUT2D eigenvalue weighted by Crippen LogP contribution is -2.36. The lowest BCUT2D eigenvalue weighted by molar-refractivity contribution is 0.0628. The molecule has 3 nitrogen and oxygen atoms in total. The monoisotopic (exact) mass is 370 g/mol. The maximum absolute atomic E-state index is 11.2. The average molecular weight is 371 g/mol. The zero-order chi connectivity index (χ0) is 19.3. The number of hydrogen-bond acceptors (Lipinski definition) is 3. The first-order chi connectivity index (χ1) is 12.5. The third-order valence-corrected chi connectivity index (χ3v) is 5.08. The minimum atomic E-state index is -0.647. The lowest BCUT2D eigenvalue weighted by Gasteiger charge is -2.31. The molecule has 0 saturated carbocycles. The molecule has 2 aromatic rings. The number of pyridine rings is 1. The molecule has 0 amide bonds. The fraction of sp³-hybridized carbons (Fsp3) is 0.318. The van der Waals surface area contributed by atoms with E-state index in [2.05, 4.69) is 31.9 Å². The molecular weight excluding hydrogens is 344 g/mol. The molecule has 26 heavy (non-hydrogen) atoms. The highest BCUT2D eigenvalue weighted by atomic mass is 35.5. The smallest absolute Gasteiger partial charge is 0.0952 e. The van der Waals surface area contributed by atoms with Gasteiger partial charge in [-0.2, -0.15) is 0 Å². The number of aliphatic hydroxyl groups excluding tert-OH is 1. The van der Waals surface area contributed by atoms with Gasteiger partial charge in [-0.05, 0) is 49.9 Å². The quantitative estimate of drug-likeness (QED) is 0.671. The van der Waals surface area contributed by atoms with Crippen LogP contribution in [0.25, 0.3) is 23.4 Å². The summed E-state index contributed by atoms with van der Waals surface area (Å²) in [5, 5.41) is 11.8. The van der Waals surface area contributed by atoms with Crippen LogP contribution in [0.4, 0.5) is 0 Å². The number of aromatic nitrogens is 1. The highest BCUT2D eigenvalue weighted by Crippen LogP contribution is 2.32. The summed E-state index contributed by atoms with van der Waals surface area (Å²) in [5.74, 6) is 0. The van der Waals surface area contributed by atoms with Gasteiger partial charge in [-0.1, -0.05) is 56.8 Å². The van der Waals surface area contributed by atoms with Gasteiger partial charge in [-0.15, -0.1) is 0 Å². The van der Waals surface area contributed by atoms with Crippen LogP contribution >= 0.6 is 11.6 Å². The first kappa shape index (κ1) is 20.4. The Hall–Kier alpha value is -1.94. The zero-order valence-corrected chi connectivity index (χ0v) is 16.5. The molecule has 1 aromatic carbocycles. The molecule has 4 heteroatoms. The van der Waals surface area contributed by atoms with Crippen LogP contribution in [0.2, 0.25) is 5.02 Å². The predicted molar refractivity (Wildman–Crippen MR) is 112 cm³/mol. The van der Waals surface area contributed by atoms with E-state index in [4.69, 9.17) is 16.6 Å². The fourth-order valence-corrected chi connectivity index (χ4v) is 3.33. The molecule has 0 fully saturated rings. The van der Waals surface area contributed by atoms with Crippen molar-refractivity contribution < 1.29 is 5.11 Å². The maximum atomic E-state index is 11.2. The molecule has 0 aliphatic rings. The molecule has 138 valence electrons. The van der Waals surface area contributed by atoms with Gasteiger partial charge in [-0.3, -0.25) is 0 Å². The molecule has 0 radical (unpaired) electrons. The summed E-state index contributed by atoms with van der Waals surface area (Å²) < 4.78 is 0. The Morgan fingerprint density at radius 3 is 2.35 bits per heavy atom. The molecule has 2 rings (SSSR count). The van der Waals surface area contributed by atoms with Crippen molar-refractivity contribution in [1.82, 2.24) is 9.88 Å². The predicted octanol–water partition coefficient (Wildman–Crippen LogP) is 5.45. The minimum absolute atomic E-state index is 0.0110. The second-order valence-electron chi connectivity index (χ2n) is 6.30. The third kappa shape index (κ3) is 4.24. The van der Waals surface area contributed by atoms with E-state index in [1.165, 1.54) is 0 Å². The van der Waals surface area contributed by atoms with Crippen LogP contribution < -0.4 is 0 Å². The highest BCUT2D eigenvalue weighted by molar-refractivity contribution is 6.30. The van der Waals surface area contributed by atoms with Gasteiger partial charge in [0.05, 0.1) is 17.5 Å². The SMILES string of the molecule is C=Cc1nc(-c2ccc(Cl)cc2)cc(C(O)C(CC)N(C)CC)c1C=C. The highest BCUT2D eigenvalue weighted by Gasteiger charge is 2.26. The fourth-order valence-electron chi connectivity index (χ4n) is 3.20. The number of benzene rings is 1. The number of rotatable bonds is 8. The van der Waals surface area contributed by atoms with Crippen LogP contribution in [0.3, 0.4) is 0 Å². The second-order valence-corrected chi connectivity index (χ2v) is 6.74. The number of halogens is 1. The zero-order valence-electron chi connectivity index (χ0n) is 15.7. The van der Waals surface area contributed by atoms with Gasteiger partial charge in [0.15, 0.2) is 0 Å². The van der Waals surface area contributed by atoms with Gasteiger partial charge in [0.1, 0.15) is 0 Å². The normalized spacial score (nSPS) is 13.5.